The van der Waals surface area contributed by atoms with Crippen molar-refractivity contribution in [3.05, 3.63) is 95.1 Å². The Labute approximate surface area is 124 Å². The van der Waals surface area contributed by atoms with E-state index in [1.807, 2.05) is 72.8 Å². The minimum absolute atomic E-state index is 0.696. The van der Waals surface area contributed by atoms with E-state index in [1.54, 1.807) is 0 Å². The second-order valence-corrected chi connectivity index (χ2v) is 5.18. The number of hydrogen-bond acceptors (Lipinski definition) is 2. The van der Waals surface area contributed by atoms with E-state index in [4.69, 9.17) is 0 Å². The van der Waals surface area contributed by atoms with Gasteiger partial charge in [-0.15, -0.1) is 0 Å². The third kappa shape index (κ3) is 2.82. The molecule has 0 saturated heterocycles. The van der Waals surface area contributed by atoms with Gasteiger partial charge in [-0.1, -0.05) is 72.8 Å². The molecule has 0 heterocycles. The average Bonchev–Trinajstić information content (AvgIpc) is 3.04. The Morgan fingerprint density at radius 1 is 0.619 bits per heavy atom. The predicted molar refractivity (Wildman–Crippen MR) is 83.6 cm³/mol. The van der Waals surface area contributed by atoms with Crippen molar-refractivity contribution >= 4 is 0 Å². The molecular formula is C19H18O2. The van der Waals surface area contributed by atoms with Gasteiger partial charge in [0.1, 0.15) is 12.2 Å². The van der Waals surface area contributed by atoms with Crippen molar-refractivity contribution in [2.75, 3.05) is 0 Å². The molecule has 2 N–H and O–H groups in total. The lowest BCUT2D eigenvalue weighted by atomic mass is 9.91. The first kappa shape index (κ1) is 13.8. The van der Waals surface area contributed by atoms with Crippen molar-refractivity contribution in [1.82, 2.24) is 0 Å². The first-order valence-electron chi connectivity index (χ1n) is 7.14. The van der Waals surface area contributed by atoms with Crippen molar-refractivity contribution in [3.63, 3.8) is 0 Å². The van der Waals surface area contributed by atoms with Crippen LogP contribution in [0.4, 0.5) is 0 Å². The van der Waals surface area contributed by atoms with Crippen LogP contribution in [0.1, 0.15) is 29.8 Å². The Morgan fingerprint density at radius 2 is 1.00 bits per heavy atom. The Hall–Kier alpha value is -2.16. The van der Waals surface area contributed by atoms with Crippen LogP contribution in [0.5, 0.6) is 0 Å². The molecule has 3 rings (SSSR count). The highest BCUT2D eigenvalue weighted by molar-refractivity contribution is 5.47. The van der Waals surface area contributed by atoms with Gasteiger partial charge < -0.3 is 10.2 Å². The monoisotopic (exact) mass is 278 g/mol. The predicted octanol–water partition coefficient (Wildman–Crippen LogP) is 3.71. The summed E-state index contributed by atoms with van der Waals surface area (Å²) in [7, 11) is 0. The lowest BCUT2D eigenvalue weighted by Gasteiger charge is -2.20. The van der Waals surface area contributed by atoms with Gasteiger partial charge in [-0.3, -0.25) is 0 Å². The molecule has 106 valence electrons. The highest BCUT2D eigenvalue weighted by atomic mass is 16.3. The molecule has 2 atom stereocenters. The number of allylic oxidation sites excluding steroid dienone is 2. The maximum atomic E-state index is 10.6. The van der Waals surface area contributed by atoms with Gasteiger partial charge in [0.15, 0.2) is 0 Å². The van der Waals surface area contributed by atoms with E-state index >= 15 is 0 Å². The van der Waals surface area contributed by atoms with E-state index in [9.17, 15) is 10.2 Å². The Bertz CT molecular complexity index is 597. The van der Waals surface area contributed by atoms with Gasteiger partial charge in [0.25, 0.3) is 0 Å². The molecule has 2 nitrogen and oxygen atoms in total. The summed E-state index contributed by atoms with van der Waals surface area (Å²) in [6.07, 6.45) is 3.33. The molecular weight excluding hydrogens is 260 g/mol. The lowest BCUT2D eigenvalue weighted by Crippen LogP contribution is -2.09. The fourth-order valence-corrected chi connectivity index (χ4v) is 2.72. The van der Waals surface area contributed by atoms with Crippen molar-refractivity contribution in [2.24, 2.45) is 0 Å². The second-order valence-electron chi connectivity index (χ2n) is 5.18. The Morgan fingerprint density at radius 3 is 1.38 bits per heavy atom. The van der Waals surface area contributed by atoms with Crippen LogP contribution in [0, 0.1) is 0 Å². The van der Waals surface area contributed by atoms with E-state index in [1.165, 1.54) is 0 Å². The van der Waals surface area contributed by atoms with Gasteiger partial charge in [-0.2, -0.15) is 0 Å². The molecule has 0 radical (unpaired) electrons. The molecule has 1 aliphatic rings. The lowest BCUT2D eigenvalue weighted by molar-refractivity contribution is 0.192. The highest BCUT2D eigenvalue weighted by Gasteiger charge is 2.25. The van der Waals surface area contributed by atoms with Crippen molar-refractivity contribution < 1.29 is 10.2 Å². The summed E-state index contributed by atoms with van der Waals surface area (Å²) in [6.45, 7) is 0. The van der Waals surface area contributed by atoms with Crippen LogP contribution in [-0.2, 0) is 0 Å². The molecule has 0 unspecified atom stereocenters. The van der Waals surface area contributed by atoms with E-state index in [0.29, 0.717) is 0 Å². The summed E-state index contributed by atoms with van der Waals surface area (Å²) in [6, 6.07) is 19.1. The quantitative estimate of drug-likeness (QED) is 0.895. The molecule has 2 heteroatoms. The number of aliphatic hydroxyl groups excluding tert-OH is 2. The van der Waals surface area contributed by atoms with Crippen molar-refractivity contribution in [2.45, 2.75) is 18.6 Å². The van der Waals surface area contributed by atoms with Gasteiger partial charge in [-0.05, 0) is 28.7 Å². The van der Waals surface area contributed by atoms with Crippen LogP contribution < -0.4 is 0 Å². The topological polar surface area (TPSA) is 40.5 Å². The summed E-state index contributed by atoms with van der Waals surface area (Å²) in [5, 5.41) is 21.1. The van der Waals surface area contributed by atoms with Gasteiger partial charge in [0.05, 0.1) is 0 Å². The zero-order valence-electron chi connectivity index (χ0n) is 11.7. The van der Waals surface area contributed by atoms with E-state index in [2.05, 4.69) is 0 Å². The summed E-state index contributed by atoms with van der Waals surface area (Å²) >= 11 is 0. The van der Waals surface area contributed by atoms with Gasteiger partial charge in [0, 0.05) is 0 Å². The molecule has 0 spiro atoms. The summed E-state index contributed by atoms with van der Waals surface area (Å²) in [5.74, 6) is 0. The molecule has 0 amide bonds. The molecule has 0 saturated carbocycles. The first-order chi connectivity index (χ1) is 10.3. The fourth-order valence-electron chi connectivity index (χ4n) is 2.72. The molecule has 1 aliphatic carbocycles. The number of aliphatic hydroxyl groups is 2. The standard InChI is InChI=1S/C19H18O2/c20-18(14-8-3-1-4-9-14)16-12-7-13-17(16)19(21)15-10-5-2-6-11-15/h1-6,8-13,18-21H,7H2/t18-,19-/m0/s1. The summed E-state index contributed by atoms with van der Waals surface area (Å²) in [4.78, 5) is 0. The van der Waals surface area contributed by atoms with E-state index < -0.39 is 12.2 Å². The number of hydrogen-bond donors (Lipinski definition) is 2. The Balaban J connectivity index is 1.86. The van der Waals surface area contributed by atoms with Crippen LogP contribution in [0.3, 0.4) is 0 Å². The summed E-state index contributed by atoms with van der Waals surface area (Å²) in [5.41, 5.74) is 3.30. The third-order valence-electron chi connectivity index (χ3n) is 3.83. The van der Waals surface area contributed by atoms with Crippen LogP contribution >= 0.6 is 0 Å². The summed E-state index contributed by atoms with van der Waals surface area (Å²) < 4.78 is 0. The van der Waals surface area contributed by atoms with Crippen LogP contribution in [0.15, 0.2) is 84.0 Å². The van der Waals surface area contributed by atoms with Gasteiger partial charge in [-0.25, -0.2) is 0 Å². The molecule has 2 aromatic carbocycles. The van der Waals surface area contributed by atoms with Crippen LogP contribution in [0.2, 0.25) is 0 Å². The second kappa shape index (κ2) is 6.08. The van der Waals surface area contributed by atoms with Crippen molar-refractivity contribution in [1.29, 1.82) is 0 Å². The highest BCUT2D eigenvalue weighted by Crippen LogP contribution is 2.38. The number of benzene rings is 2. The largest absolute Gasteiger partial charge is 0.384 e. The molecule has 0 bridgehead atoms. The van der Waals surface area contributed by atoms with Crippen LogP contribution in [-0.4, -0.2) is 10.2 Å². The molecule has 0 aromatic heterocycles. The SMILES string of the molecule is O[C@H](C1=CCC=C1[C@@H](O)c1ccccc1)c1ccccc1. The third-order valence-corrected chi connectivity index (χ3v) is 3.83. The van der Waals surface area contributed by atoms with Crippen molar-refractivity contribution in [3.8, 4) is 0 Å². The van der Waals surface area contributed by atoms with E-state index in [0.717, 1.165) is 28.7 Å². The zero-order valence-corrected chi connectivity index (χ0v) is 11.7. The molecule has 0 fully saturated rings. The normalized spacial score (nSPS) is 17.0. The fraction of sp³-hybridized carbons (Fsp3) is 0.158. The average molecular weight is 278 g/mol. The Kier molecular flexibility index (Phi) is 4.00. The van der Waals surface area contributed by atoms with Gasteiger partial charge in [0.2, 0.25) is 0 Å². The smallest absolute Gasteiger partial charge is 0.104 e. The first-order valence-corrected chi connectivity index (χ1v) is 7.14. The van der Waals surface area contributed by atoms with Crippen LogP contribution in [0.25, 0.3) is 0 Å². The minimum Gasteiger partial charge on any atom is -0.384 e. The molecule has 0 aliphatic heterocycles. The maximum absolute atomic E-state index is 10.6. The zero-order chi connectivity index (χ0) is 14.7. The molecule has 21 heavy (non-hydrogen) atoms. The minimum atomic E-state index is -0.696. The molecule has 2 aromatic rings. The van der Waals surface area contributed by atoms with Gasteiger partial charge >= 0.3 is 0 Å². The maximum Gasteiger partial charge on any atom is 0.104 e. The number of rotatable bonds is 4. The van der Waals surface area contributed by atoms with E-state index in [-0.39, 0.29) is 0 Å².